The number of aryl methyl sites for hydroxylation is 1. The third-order valence-electron chi connectivity index (χ3n) is 6.93. The summed E-state index contributed by atoms with van der Waals surface area (Å²) in [5.74, 6) is 0. The predicted octanol–water partition coefficient (Wildman–Crippen LogP) is 5.41. The summed E-state index contributed by atoms with van der Waals surface area (Å²) in [6.07, 6.45) is 0. The van der Waals surface area contributed by atoms with E-state index >= 15 is 0 Å². The van der Waals surface area contributed by atoms with Crippen molar-refractivity contribution >= 4 is 55.8 Å². The van der Waals surface area contributed by atoms with Gasteiger partial charge in [-0.15, -0.1) is 17.0 Å². The number of hydrogen-bond acceptors (Lipinski definition) is 1. The molecule has 0 N–H and O–H groups in total. The van der Waals surface area contributed by atoms with E-state index in [-0.39, 0.29) is 17.0 Å². The van der Waals surface area contributed by atoms with Gasteiger partial charge in [-0.2, -0.15) is 0 Å². The van der Waals surface area contributed by atoms with E-state index in [1.54, 1.807) is 0 Å². The van der Waals surface area contributed by atoms with E-state index < -0.39 is 6.60 Å². The number of fused-ring (bicyclic) bond motifs is 1. The molecule has 0 aliphatic carbocycles. The van der Waals surface area contributed by atoms with Crippen molar-refractivity contribution in [2.45, 2.75) is 0 Å². The van der Waals surface area contributed by atoms with Crippen LogP contribution in [0.1, 0.15) is 5.56 Å². The summed E-state index contributed by atoms with van der Waals surface area (Å²) in [6, 6.07) is 43.4. The summed E-state index contributed by atoms with van der Waals surface area (Å²) >= 11 is 0. The molecular formula is C29H26BrN2P. The van der Waals surface area contributed by atoms with Gasteiger partial charge in [0.15, 0.2) is 0 Å². The molecule has 0 amide bonds. The van der Waals surface area contributed by atoms with Gasteiger partial charge in [0.2, 0.25) is 0 Å². The number of rotatable bonds is 4. The summed E-state index contributed by atoms with van der Waals surface area (Å²) in [7, 11) is 2.14. The zero-order valence-electron chi connectivity index (χ0n) is 18.7. The van der Waals surface area contributed by atoms with Crippen LogP contribution in [0.15, 0.2) is 115 Å². The Balaban J connectivity index is 0.00000259. The number of hydrogen-bond donors (Lipinski definition) is 0. The Morgan fingerprint density at radius 2 is 1.12 bits per heavy atom. The van der Waals surface area contributed by atoms with Crippen molar-refractivity contribution in [2.75, 3.05) is 6.66 Å². The Labute approximate surface area is 205 Å². The standard InChI is InChI=1S/C29H25N2P.BrH/c1-31-28-20-23(22-30)18-19-24(28)21-29(31)32(2,25-12-6-3-7-13-25,26-14-8-4-9-15-26)27-16-10-5-11-17-27;/h3-21H,1-2H3;1H. The quantitative estimate of drug-likeness (QED) is 0.296. The molecule has 4 heteroatoms. The Morgan fingerprint density at radius 1 is 0.667 bits per heavy atom. The van der Waals surface area contributed by atoms with Crippen molar-refractivity contribution in [3.8, 4) is 6.07 Å². The fourth-order valence-corrected chi connectivity index (χ4v) is 10.9. The Morgan fingerprint density at radius 3 is 1.55 bits per heavy atom. The van der Waals surface area contributed by atoms with E-state index in [0.717, 1.165) is 10.9 Å². The van der Waals surface area contributed by atoms with E-state index in [1.165, 1.54) is 21.3 Å². The first kappa shape index (κ1) is 23.0. The van der Waals surface area contributed by atoms with Crippen LogP contribution in [0.5, 0.6) is 0 Å². The van der Waals surface area contributed by atoms with Crippen LogP contribution < -0.4 is 21.3 Å². The molecule has 0 saturated heterocycles. The molecule has 0 atom stereocenters. The van der Waals surface area contributed by atoms with Gasteiger partial charge in [-0.25, -0.2) is 0 Å². The Kier molecular flexibility index (Phi) is 6.02. The van der Waals surface area contributed by atoms with Gasteiger partial charge in [0.1, 0.15) is 0 Å². The van der Waals surface area contributed by atoms with Crippen LogP contribution in [0.25, 0.3) is 10.9 Å². The number of nitrogens with zero attached hydrogens (tertiary/aromatic N) is 2. The summed E-state index contributed by atoms with van der Waals surface area (Å²) in [4.78, 5) is 0. The molecule has 0 saturated carbocycles. The van der Waals surface area contributed by atoms with Gasteiger partial charge in [-0.3, -0.25) is 0 Å². The second-order valence-corrected chi connectivity index (χ2v) is 13.7. The molecule has 1 aromatic heterocycles. The zero-order chi connectivity index (χ0) is 22.2. The topological polar surface area (TPSA) is 28.7 Å². The van der Waals surface area contributed by atoms with Crippen LogP contribution in [0.4, 0.5) is 0 Å². The molecule has 164 valence electrons. The second-order valence-electron chi connectivity index (χ2n) is 8.52. The molecule has 0 fully saturated rings. The molecule has 4 aromatic carbocycles. The average molecular weight is 513 g/mol. The third kappa shape index (κ3) is 3.25. The number of halogens is 1. The molecule has 5 aromatic rings. The van der Waals surface area contributed by atoms with Gasteiger partial charge >= 0.3 is 189 Å². The van der Waals surface area contributed by atoms with Crippen LogP contribution in [-0.4, -0.2) is 11.2 Å². The molecule has 0 bridgehead atoms. The molecule has 0 radical (unpaired) electrons. The number of aromatic nitrogens is 1. The first-order valence-electron chi connectivity index (χ1n) is 10.8. The molecular weight excluding hydrogens is 487 g/mol. The van der Waals surface area contributed by atoms with Gasteiger partial charge in [0, 0.05) is 0 Å². The Hall–Kier alpha value is -3.18. The number of benzene rings is 4. The summed E-state index contributed by atoms with van der Waals surface area (Å²) in [5, 5.41) is 14.6. The van der Waals surface area contributed by atoms with Crippen LogP contribution in [0.3, 0.4) is 0 Å². The third-order valence-corrected chi connectivity index (χ3v) is 13.3. The molecule has 0 aliphatic rings. The predicted molar refractivity (Wildman–Crippen MR) is 149 cm³/mol. The number of nitriles is 1. The van der Waals surface area contributed by atoms with Crippen LogP contribution in [-0.2, 0) is 7.05 Å². The van der Waals surface area contributed by atoms with Gasteiger partial charge in [0.25, 0.3) is 0 Å². The normalized spacial score (nSPS) is 12.3. The molecule has 5 rings (SSSR count). The van der Waals surface area contributed by atoms with E-state index in [0.29, 0.717) is 5.56 Å². The van der Waals surface area contributed by atoms with Gasteiger partial charge < -0.3 is 0 Å². The molecule has 0 unspecified atom stereocenters. The fraction of sp³-hybridized carbons (Fsp3) is 0.0690. The summed E-state index contributed by atoms with van der Waals surface area (Å²) in [6.45, 7) is -0.638. The monoisotopic (exact) mass is 512 g/mol. The molecule has 33 heavy (non-hydrogen) atoms. The molecule has 0 aliphatic heterocycles. The Bertz CT molecular complexity index is 1350. The van der Waals surface area contributed by atoms with Crippen molar-refractivity contribution in [2.24, 2.45) is 7.05 Å². The van der Waals surface area contributed by atoms with E-state index in [9.17, 15) is 5.26 Å². The first-order chi connectivity index (χ1) is 15.6. The molecule has 2 nitrogen and oxygen atoms in total. The summed E-state index contributed by atoms with van der Waals surface area (Å²) in [5.41, 5.74) is 3.04. The van der Waals surface area contributed by atoms with E-state index in [4.69, 9.17) is 0 Å². The zero-order valence-corrected chi connectivity index (χ0v) is 21.3. The fourth-order valence-electron chi connectivity index (χ4n) is 5.17. The first-order valence-corrected chi connectivity index (χ1v) is 13.4. The minimum absolute atomic E-state index is 0. The van der Waals surface area contributed by atoms with Crippen LogP contribution in [0, 0.1) is 11.3 Å². The SMILES string of the molecule is Br.Cn1c(P(C)(c2ccccc2)(c2ccccc2)c2ccccc2)cc2ccc(C#N)cc21. The van der Waals surface area contributed by atoms with Crippen molar-refractivity contribution < 1.29 is 0 Å². The van der Waals surface area contributed by atoms with Crippen molar-refractivity contribution in [3.05, 3.63) is 121 Å². The second kappa shape index (κ2) is 8.64. The van der Waals surface area contributed by atoms with Crippen molar-refractivity contribution in [3.63, 3.8) is 0 Å². The van der Waals surface area contributed by atoms with Gasteiger partial charge in [-0.1, -0.05) is 0 Å². The summed E-state index contributed by atoms with van der Waals surface area (Å²) < 4.78 is 2.31. The van der Waals surface area contributed by atoms with E-state index in [2.05, 4.69) is 127 Å². The van der Waals surface area contributed by atoms with Crippen LogP contribution in [0.2, 0.25) is 0 Å². The minimum atomic E-state index is -3.10. The van der Waals surface area contributed by atoms with Gasteiger partial charge in [0.05, 0.1) is 0 Å². The van der Waals surface area contributed by atoms with Crippen molar-refractivity contribution in [1.29, 1.82) is 5.26 Å². The van der Waals surface area contributed by atoms with Crippen molar-refractivity contribution in [1.82, 2.24) is 4.57 Å². The van der Waals surface area contributed by atoms with E-state index in [1.807, 2.05) is 12.1 Å². The van der Waals surface area contributed by atoms with Crippen LogP contribution >= 0.6 is 23.6 Å². The molecule has 1 heterocycles. The average Bonchev–Trinajstić information content (AvgIpc) is 3.21. The maximum atomic E-state index is 9.49. The van der Waals surface area contributed by atoms with Gasteiger partial charge in [-0.05, 0) is 0 Å². The maximum absolute atomic E-state index is 9.49. The molecule has 0 spiro atoms.